The van der Waals surface area contributed by atoms with Crippen LogP contribution in [0.1, 0.15) is 52.9 Å². The zero-order valence-corrected chi connectivity index (χ0v) is 23.4. The van der Waals surface area contributed by atoms with Gasteiger partial charge in [0.1, 0.15) is 23.3 Å². The van der Waals surface area contributed by atoms with Crippen LogP contribution < -0.4 is 15.0 Å². The van der Waals surface area contributed by atoms with Gasteiger partial charge in [0.15, 0.2) is 11.2 Å². The van der Waals surface area contributed by atoms with Gasteiger partial charge in [0.05, 0.1) is 24.1 Å². The van der Waals surface area contributed by atoms with E-state index in [1.165, 1.54) is 24.3 Å². The summed E-state index contributed by atoms with van der Waals surface area (Å²) in [6.07, 6.45) is 1.49. The van der Waals surface area contributed by atoms with E-state index in [-0.39, 0.29) is 17.4 Å². The molecule has 0 fully saturated rings. The Labute approximate surface area is 239 Å². The van der Waals surface area contributed by atoms with Crippen molar-refractivity contribution >= 4 is 46.4 Å². The van der Waals surface area contributed by atoms with Gasteiger partial charge in [-0.15, -0.1) is 0 Å². The van der Waals surface area contributed by atoms with Crippen LogP contribution in [0.4, 0.5) is 11.4 Å². The van der Waals surface area contributed by atoms with Crippen molar-refractivity contribution < 1.29 is 14.3 Å². The number of fused-ring (bicyclic) bond motifs is 4. The number of benzene rings is 2. The third-order valence-corrected chi connectivity index (χ3v) is 7.78. The Bertz CT molecular complexity index is 1810. The van der Waals surface area contributed by atoms with E-state index >= 15 is 0 Å². The maximum atomic E-state index is 14.4. The van der Waals surface area contributed by atoms with Crippen molar-refractivity contribution in [2.24, 2.45) is 0 Å². The van der Waals surface area contributed by atoms with Gasteiger partial charge in [-0.1, -0.05) is 35.3 Å². The Morgan fingerprint density at radius 1 is 1.10 bits per heavy atom. The topological polar surface area (TPSA) is 113 Å². The van der Waals surface area contributed by atoms with Gasteiger partial charge >= 0.3 is 0 Å². The second-order valence-corrected chi connectivity index (χ2v) is 10.8. The number of nitrogens with one attached hydrogen (secondary N) is 1. The van der Waals surface area contributed by atoms with Gasteiger partial charge in [-0.05, 0) is 50.6 Å². The molecule has 2 aromatic heterocycles. The highest BCUT2D eigenvalue weighted by Gasteiger charge is 2.64. The highest BCUT2D eigenvalue weighted by Crippen LogP contribution is 2.55. The number of pyridine rings is 1. The molecule has 4 aromatic rings. The van der Waals surface area contributed by atoms with E-state index in [2.05, 4.69) is 10.3 Å². The molecule has 2 aliphatic rings. The Morgan fingerprint density at radius 3 is 2.52 bits per heavy atom. The van der Waals surface area contributed by atoms with Gasteiger partial charge in [-0.25, -0.2) is 9.97 Å². The molecule has 1 unspecified atom stereocenters. The summed E-state index contributed by atoms with van der Waals surface area (Å²) >= 11 is 12.7. The fourth-order valence-electron chi connectivity index (χ4n) is 5.66. The van der Waals surface area contributed by atoms with Crippen LogP contribution in [0.3, 0.4) is 0 Å². The maximum absolute atomic E-state index is 14.4. The van der Waals surface area contributed by atoms with Crippen molar-refractivity contribution in [2.45, 2.75) is 32.4 Å². The van der Waals surface area contributed by atoms with Crippen LogP contribution in [-0.2, 0) is 10.3 Å². The number of nitrogens with zero attached hydrogens (tertiary/aromatic N) is 5. The summed E-state index contributed by atoms with van der Waals surface area (Å²) in [6.45, 7) is 5.74. The second kappa shape index (κ2) is 9.08. The molecule has 2 aliphatic heterocycles. The van der Waals surface area contributed by atoms with Crippen molar-refractivity contribution in [2.75, 3.05) is 17.3 Å². The Morgan fingerprint density at radius 2 is 1.82 bits per heavy atom. The molecule has 0 bridgehead atoms. The Balaban J connectivity index is 1.73. The first-order valence-corrected chi connectivity index (χ1v) is 13.2. The number of aryl methyl sites for hydroxylation is 1. The van der Waals surface area contributed by atoms with Gasteiger partial charge in [-0.2, -0.15) is 5.26 Å². The van der Waals surface area contributed by atoms with E-state index < -0.39 is 17.4 Å². The SMILES string of the molecule is COc1cc(C#N)ncc1-c1nc2c(n1C(C)C)C1(C(=O)Nc3cc(Cl)ccc31)N(c1cc(Cl)ccc1C)C2=O. The van der Waals surface area contributed by atoms with E-state index in [0.29, 0.717) is 49.8 Å². The molecule has 6 rings (SSSR count). The van der Waals surface area contributed by atoms with Crippen LogP contribution in [0, 0.1) is 18.3 Å². The number of imidazole rings is 1. The van der Waals surface area contributed by atoms with Crippen LogP contribution >= 0.6 is 23.2 Å². The number of amides is 2. The zero-order chi connectivity index (χ0) is 28.5. The monoisotopic (exact) mass is 572 g/mol. The standard InChI is InChI=1S/C29H22Cl2N6O3/c1-14(2)36-25-24(35-26(36)19-13-33-18(12-32)11-23(19)40-4)27(38)37(22-10-17(31)6-5-15(22)3)29(25)20-8-7-16(30)9-21(20)34-28(29)39/h5-11,13-14H,1-4H3,(H,34,39). The van der Waals surface area contributed by atoms with Crippen LogP contribution in [0.25, 0.3) is 11.4 Å². The summed E-state index contributed by atoms with van der Waals surface area (Å²) in [5, 5.41) is 13.2. The van der Waals surface area contributed by atoms with E-state index in [4.69, 9.17) is 32.9 Å². The van der Waals surface area contributed by atoms with Crippen molar-refractivity contribution in [1.29, 1.82) is 5.26 Å². The average molecular weight is 573 g/mol. The first-order chi connectivity index (χ1) is 19.1. The number of nitriles is 1. The number of rotatable bonds is 4. The number of hydrogen-bond donors (Lipinski definition) is 1. The maximum Gasteiger partial charge on any atom is 0.280 e. The summed E-state index contributed by atoms with van der Waals surface area (Å²) in [6, 6.07) is 13.6. The quantitative estimate of drug-likeness (QED) is 0.327. The minimum atomic E-state index is -1.61. The Kier molecular flexibility index (Phi) is 5.87. The van der Waals surface area contributed by atoms with Crippen molar-refractivity contribution in [1.82, 2.24) is 14.5 Å². The molecule has 1 spiro atoms. The largest absolute Gasteiger partial charge is 0.496 e. The summed E-state index contributed by atoms with van der Waals surface area (Å²) in [5.41, 5.74) is 1.88. The van der Waals surface area contributed by atoms with Gasteiger partial charge in [-0.3, -0.25) is 14.5 Å². The van der Waals surface area contributed by atoms with E-state index in [1.54, 1.807) is 36.4 Å². The number of methoxy groups -OCH3 is 1. The number of halogens is 2. The van der Waals surface area contributed by atoms with Crippen molar-refractivity contribution in [3.8, 4) is 23.2 Å². The molecule has 0 saturated carbocycles. The minimum Gasteiger partial charge on any atom is -0.496 e. The highest BCUT2D eigenvalue weighted by molar-refractivity contribution is 6.32. The first kappa shape index (κ1) is 25.9. The molecule has 4 heterocycles. The highest BCUT2D eigenvalue weighted by atomic mass is 35.5. The summed E-state index contributed by atoms with van der Waals surface area (Å²) < 4.78 is 7.45. The van der Waals surface area contributed by atoms with Gasteiger partial charge in [0.2, 0.25) is 0 Å². The lowest BCUT2D eigenvalue weighted by Crippen LogP contribution is -2.51. The first-order valence-electron chi connectivity index (χ1n) is 12.4. The van der Waals surface area contributed by atoms with E-state index in [9.17, 15) is 14.9 Å². The number of carbonyl (C=O) groups excluding carboxylic acids is 2. The zero-order valence-electron chi connectivity index (χ0n) is 21.9. The van der Waals surface area contributed by atoms with Crippen LogP contribution in [0.2, 0.25) is 10.0 Å². The van der Waals surface area contributed by atoms with Crippen molar-refractivity contribution in [3.63, 3.8) is 0 Å². The fourth-order valence-corrected chi connectivity index (χ4v) is 6.00. The van der Waals surface area contributed by atoms with Crippen LogP contribution in [0.5, 0.6) is 5.75 Å². The lowest BCUT2D eigenvalue weighted by Gasteiger charge is -2.36. The molecule has 0 saturated heterocycles. The molecule has 1 atom stereocenters. The molecule has 0 aliphatic carbocycles. The average Bonchev–Trinajstić information content (AvgIpc) is 3.53. The second-order valence-electron chi connectivity index (χ2n) is 9.90. The van der Waals surface area contributed by atoms with Gasteiger partial charge in [0.25, 0.3) is 11.8 Å². The smallest absolute Gasteiger partial charge is 0.280 e. The molecule has 1 N–H and O–H groups in total. The third-order valence-electron chi connectivity index (χ3n) is 7.31. The van der Waals surface area contributed by atoms with Crippen LogP contribution in [0.15, 0.2) is 48.7 Å². The molecule has 2 amide bonds. The number of aromatic nitrogens is 3. The molecule has 2 aromatic carbocycles. The predicted molar refractivity (Wildman–Crippen MR) is 151 cm³/mol. The molecule has 11 heteroatoms. The normalized spacial score (nSPS) is 17.3. The summed E-state index contributed by atoms with van der Waals surface area (Å²) in [5.74, 6) is -0.127. The predicted octanol–water partition coefficient (Wildman–Crippen LogP) is 5.88. The number of carbonyl (C=O) groups is 2. The molecule has 200 valence electrons. The Hall–Kier alpha value is -4.39. The van der Waals surface area contributed by atoms with Gasteiger partial charge in [0, 0.05) is 39.6 Å². The molecule has 0 radical (unpaired) electrons. The number of ether oxygens (including phenoxy) is 1. The minimum absolute atomic E-state index is 0.118. The third kappa shape index (κ3) is 3.39. The van der Waals surface area contributed by atoms with Crippen molar-refractivity contribution in [3.05, 3.63) is 86.9 Å². The lowest BCUT2D eigenvalue weighted by atomic mass is 9.86. The molecule has 40 heavy (non-hydrogen) atoms. The number of anilines is 2. The molecular weight excluding hydrogens is 551 g/mol. The molecular formula is C29H22Cl2N6O3. The van der Waals surface area contributed by atoms with Crippen LogP contribution in [-0.4, -0.2) is 33.5 Å². The summed E-state index contributed by atoms with van der Waals surface area (Å²) in [7, 11) is 1.48. The fraction of sp³-hybridized carbons (Fsp3) is 0.207. The lowest BCUT2D eigenvalue weighted by molar-refractivity contribution is -0.119. The number of hydrogen-bond acceptors (Lipinski definition) is 6. The summed E-state index contributed by atoms with van der Waals surface area (Å²) in [4.78, 5) is 39.2. The van der Waals surface area contributed by atoms with E-state index in [0.717, 1.165) is 5.56 Å². The van der Waals surface area contributed by atoms with Gasteiger partial charge < -0.3 is 14.6 Å². The molecule has 9 nitrogen and oxygen atoms in total. The van der Waals surface area contributed by atoms with E-state index in [1.807, 2.05) is 31.4 Å².